The van der Waals surface area contributed by atoms with E-state index in [1.54, 1.807) is 0 Å². The molecular weight excluding hydrogens is 661 g/mol. The smallest absolute Gasteiger partial charge is 0.165 e. The Hall–Kier alpha value is -7.37. The molecule has 5 heteroatoms. The van der Waals surface area contributed by atoms with E-state index in [0.29, 0.717) is 5.82 Å². The molecule has 54 heavy (non-hydrogen) atoms. The Kier molecular flexibility index (Phi) is 5.99. The van der Waals surface area contributed by atoms with Crippen molar-refractivity contribution in [2.24, 2.45) is 0 Å². The van der Waals surface area contributed by atoms with Crippen molar-refractivity contribution in [3.8, 4) is 33.8 Å². The molecule has 0 bridgehead atoms. The molecule has 5 nitrogen and oxygen atoms in total. The standard InChI is InChI=1S/C49H28N4O/c1-2-13-31(14-3-1)46-45-35-17-6-8-21-39(35)53-40-22-9-7-20-38(40)50-49(53)47(45)52-48(51-46)36-19-11-23-42-44(36)37-28-32(26-27-41(37)54-42)34-18-10-15-30-25-24-29-12-4-5-16-33(29)43(30)34/h1-28H. The maximum Gasteiger partial charge on any atom is 0.165 e. The van der Waals surface area contributed by atoms with E-state index in [9.17, 15) is 0 Å². The highest BCUT2D eigenvalue weighted by Gasteiger charge is 2.23. The highest BCUT2D eigenvalue weighted by Crippen LogP contribution is 2.43. The summed E-state index contributed by atoms with van der Waals surface area (Å²) in [6, 6.07) is 59.6. The molecule has 0 radical (unpaired) electrons. The zero-order valence-corrected chi connectivity index (χ0v) is 28.9. The fourth-order valence-electron chi connectivity index (χ4n) is 8.59. The van der Waals surface area contributed by atoms with Gasteiger partial charge in [-0.1, -0.05) is 133 Å². The molecule has 12 rings (SSSR count). The molecule has 0 aliphatic carbocycles. The van der Waals surface area contributed by atoms with Gasteiger partial charge in [0.2, 0.25) is 0 Å². The average Bonchev–Trinajstić information content (AvgIpc) is 3.82. The summed E-state index contributed by atoms with van der Waals surface area (Å²) in [7, 11) is 0. The fraction of sp³-hybridized carbons (Fsp3) is 0. The normalized spacial score (nSPS) is 12.1. The topological polar surface area (TPSA) is 56.2 Å². The van der Waals surface area contributed by atoms with Crippen molar-refractivity contribution in [3.05, 3.63) is 170 Å². The molecule has 12 aromatic rings. The van der Waals surface area contributed by atoms with E-state index in [-0.39, 0.29) is 0 Å². The SMILES string of the molecule is c1ccc(-c2nc(-c3cccc4oc5ccc(-c6cccc7ccc8ccccc8c67)cc5c34)nc3c2c2ccccc2n2c4ccccc4nc32)cc1. The number of pyridine rings is 1. The largest absolute Gasteiger partial charge is 0.456 e. The number of nitrogens with zero attached hydrogens (tertiary/aromatic N) is 4. The minimum Gasteiger partial charge on any atom is -0.456 e. The maximum atomic E-state index is 6.56. The molecular formula is C49H28N4O. The summed E-state index contributed by atoms with van der Waals surface area (Å²) in [6.45, 7) is 0. The predicted octanol–water partition coefficient (Wildman–Crippen LogP) is 12.8. The van der Waals surface area contributed by atoms with Crippen molar-refractivity contribution in [2.75, 3.05) is 0 Å². The molecule has 250 valence electrons. The first kappa shape index (κ1) is 29.2. The van der Waals surface area contributed by atoms with Gasteiger partial charge >= 0.3 is 0 Å². The van der Waals surface area contributed by atoms with Gasteiger partial charge in [-0.15, -0.1) is 0 Å². The van der Waals surface area contributed by atoms with Gasteiger partial charge in [-0.05, 0) is 69.1 Å². The van der Waals surface area contributed by atoms with Crippen LogP contribution in [0.25, 0.3) is 116 Å². The Bertz CT molecular complexity index is 3510. The summed E-state index contributed by atoms with van der Waals surface area (Å²) in [5.41, 5.74) is 11.4. The molecule has 0 aliphatic heterocycles. The van der Waals surface area contributed by atoms with Crippen LogP contribution in [0.4, 0.5) is 0 Å². The Morgan fingerprint density at radius 1 is 0.426 bits per heavy atom. The van der Waals surface area contributed by atoms with Gasteiger partial charge in [-0.2, -0.15) is 0 Å². The van der Waals surface area contributed by atoms with Crippen LogP contribution in [0.5, 0.6) is 0 Å². The van der Waals surface area contributed by atoms with Crippen LogP contribution >= 0.6 is 0 Å². The molecule has 0 spiro atoms. The fourth-order valence-corrected chi connectivity index (χ4v) is 8.59. The van der Waals surface area contributed by atoms with Gasteiger partial charge in [0.05, 0.1) is 22.2 Å². The van der Waals surface area contributed by atoms with Crippen molar-refractivity contribution in [3.63, 3.8) is 0 Å². The Morgan fingerprint density at radius 3 is 2.09 bits per heavy atom. The highest BCUT2D eigenvalue weighted by molar-refractivity contribution is 6.19. The highest BCUT2D eigenvalue weighted by atomic mass is 16.3. The molecule has 0 saturated carbocycles. The van der Waals surface area contributed by atoms with Crippen molar-refractivity contribution in [1.29, 1.82) is 0 Å². The summed E-state index contributed by atoms with van der Waals surface area (Å²) >= 11 is 0. The first-order valence-electron chi connectivity index (χ1n) is 18.2. The van der Waals surface area contributed by atoms with E-state index < -0.39 is 0 Å². The molecule has 4 aromatic heterocycles. The van der Waals surface area contributed by atoms with E-state index in [0.717, 1.165) is 82.8 Å². The summed E-state index contributed by atoms with van der Waals surface area (Å²) in [5.74, 6) is 0.625. The summed E-state index contributed by atoms with van der Waals surface area (Å²) in [5, 5.41) is 9.00. The van der Waals surface area contributed by atoms with Crippen LogP contribution in [0.3, 0.4) is 0 Å². The minimum atomic E-state index is 0.625. The van der Waals surface area contributed by atoms with Crippen molar-refractivity contribution >= 4 is 82.0 Å². The second kappa shape index (κ2) is 11.1. The monoisotopic (exact) mass is 688 g/mol. The molecule has 8 aromatic carbocycles. The number of furan rings is 1. The van der Waals surface area contributed by atoms with Crippen LogP contribution in [-0.4, -0.2) is 19.4 Å². The third-order valence-corrected chi connectivity index (χ3v) is 11.0. The van der Waals surface area contributed by atoms with Gasteiger partial charge in [0.1, 0.15) is 16.7 Å². The van der Waals surface area contributed by atoms with Crippen molar-refractivity contribution < 1.29 is 4.42 Å². The third-order valence-electron chi connectivity index (χ3n) is 11.0. The van der Waals surface area contributed by atoms with Gasteiger partial charge in [0.15, 0.2) is 11.5 Å². The number of para-hydroxylation sites is 3. The van der Waals surface area contributed by atoms with Crippen LogP contribution in [0, 0.1) is 0 Å². The Morgan fingerprint density at radius 2 is 1.17 bits per heavy atom. The minimum absolute atomic E-state index is 0.625. The second-order valence-electron chi connectivity index (χ2n) is 13.9. The quantitative estimate of drug-likeness (QED) is 0.173. The molecule has 0 amide bonds. The first-order valence-corrected chi connectivity index (χ1v) is 18.2. The van der Waals surface area contributed by atoms with E-state index in [4.69, 9.17) is 19.4 Å². The number of hydrogen-bond acceptors (Lipinski definition) is 4. The van der Waals surface area contributed by atoms with Crippen LogP contribution in [0.15, 0.2) is 174 Å². The van der Waals surface area contributed by atoms with Gasteiger partial charge in [-0.25, -0.2) is 15.0 Å². The summed E-state index contributed by atoms with van der Waals surface area (Å²) in [4.78, 5) is 16.1. The zero-order chi connectivity index (χ0) is 35.3. The zero-order valence-electron chi connectivity index (χ0n) is 28.9. The third kappa shape index (κ3) is 4.12. The molecule has 4 heterocycles. The van der Waals surface area contributed by atoms with Gasteiger partial charge in [-0.3, -0.25) is 4.40 Å². The van der Waals surface area contributed by atoms with Crippen molar-refractivity contribution in [2.45, 2.75) is 0 Å². The van der Waals surface area contributed by atoms with Crippen LogP contribution in [0.2, 0.25) is 0 Å². The lowest BCUT2D eigenvalue weighted by atomic mass is 9.93. The van der Waals surface area contributed by atoms with Gasteiger partial charge in [0, 0.05) is 32.7 Å². The van der Waals surface area contributed by atoms with Gasteiger partial charge < -0.3 is 4.42 Å². The van der Waals surface area contributed by atoms with E-state index in [1.165, 1.54) is 27.1 Å². The van der Waals surface area contributed by atoms with Crippen LogP contribution < -0.4 is 0 Å². The average molecular weight is 689 g/mol. The van der Waals surface area contributed by atoms with Crippen LogP contribution in [0.1, 0.15) is 0 Å². The van der Waals surface area contributed by atoms with Gasteiger partial charge in [0.25, 0.3) is 0 Å². The molecule has 0 saturated heterocycles. The molecule has 0 N–H and O–H groups in total. The molecule has 0 unspecified atom stereocenters. The van der Waals surface area contributed by atoms with E-state index >= 15 is 0 Å². The number of rotatable bonds is 3. The number of aromatic nitrogens is 4. The Balaban J connectivity index is 1.18. The summed E-state index contributed by atoms with van der Waals surface area (Å²) < 4.78 is 8.80. The van der Waals surface area contributed by atoms with Crippen molar-refractivity contribution in [1.82, 2.24) is 19.4 Å². The van der Waals surface area contributed by atoms with E-state index in [1.807, 2.05) is 24.3 Å². The molecule has 0 aliphatic rings. The number of fused-ring (bicyclic) bond motifs is 14. The molecule has 0 fully saturated rings. The lowest BCUT2D eigenvalue weighted by molar-refractivity contribution is 0.669. The lowest BCUT2D eigenvalue weighted by Crippen LogP contribution is -2.00. The van der Waals surface area contributed by atoms with E-state index in [2.05, 4.69) is 150 Å². The molecule has 0 atom stereocenters. The summed E-state index contributed by atoms with van der Waals surface area (Å²) in [6.07, 6.45) is 0. The maximum absolute atomic E-state index is 6.56. The number of imidazole rings is 1. The first-order chi connectivity index (χ1) is 26.8. The lowest BCUT2D eigenvalue weighted by Gasteiger charge is -2.14. The van der Waals surface area contributed by atoms with Crippen LogP contribution in [-0.2, 0) is 0 Å². The number of benzene rings is 8. The second-order valence-corrected chi connectivity index (χ2v) is 13.9. The predicted molar refractivity (Wildman–Crippen MR) is 222 cm³/mol. The number of hydrogen-bond donors (Lipinski definition) is 0. The Labute approximate surface area is 308 Å².